The SMILES string of the molecule is NC1(Cc2nc(-c3ncc[nH]3)no2)CCCC1. The second-order valence-corrected chi connectivity index (χ2v) is 4.70. The third kappa shape index (κ3) is 2.08. The van der Waals surface area contributed by atoms with Gasteiger partial charge < -0.3 is 15.2 Å². The Hall–Kier alpha value is -1.69. The van der Waals surface area contributed by atoms with Gasteiger partial charge in [0.2, 0.25) is 11.7 Å². The van der Waals surface area contributed by atoms with Crippen molar-refractivity contribution in [3.63, 3.8) is 0 Å². The maximum atomic E-state index is 6.27. The van der Waals surface area contributed by atoms with Crippen LogP contribution in [-0.2, 0) is 6.42 Å². The van der Waals surface area contributed by atoms with Crippen LogP contribution in [0.3, 0.4) is 0 Å². The van der Waals surface area contributed by atoms with Crippen molar-refractivity contribution in [2.24, 2.45) is 5.73 Å². The molecule has 2 aromatic rings. The fraction of sp³-hybridized carbons (Fsp3) is 0.545. The minimum Gasteiger partial charge on any atom is -0.342 e. The zero-order chi connectivity index (χ0) is 11.7. The molecule has 6 heteroatoms. The molecule has 0 aliphatic heterocycles. The molecule has 0 aromatic carbocycles. The van der Waals surface area contributed by atoms with Crippen LogP contribution in [0.5, 0.6) is 0 Å². The quantitative estimate of drug-likeness (QED) is 0.832. The van der Waals surface area contributed by atoms with Crippen LogP contribution in [-0.4, -0.2) is 25.6 Å². The fourth-order valence-corrected chi connectivity index (χ4v) is 2.37. The van der Waals surface area contributed by atoms with E-state index in [4.69, 9.17) is 10.3 Å². The van der Waals surface area contributed by atoms with Crippen molar-refractivity contribution < 1.29 is 4.52 Å². The standard InChI is InChI=1S/C11H15N5O/c12-11(3-1-2-4-11)7-8-15-10(16-17-8)9-13-5-6-14-9/h5-6H,1-4,7,12H2,(H,13,14). The first-order chi connectivity index (χ1) is 8.25. The first-order valence-electron chi connectivity index (χ1n) is 5.86. The molecule has 90 valence electrons. The van der Waals surface area contributed by atoms with E-state index in [9.17, 15) is 0 Å². The van der Waals surface area contributed by atoms with E-state index in [1.165, 1.54) is 12.8 Å². The number of nitrogens with zero attached hydrogens (tertiary/aromatic N) is 3. The lowest BCUT2D eigenvalue weighted by Gasteiger charge is -2.20. The van der Waals surface area contributed by atoms with Gasteiger partial charge in [-0.2, -0.15) is 4.98 Å². The molecule has 17 heavy (non-hydrogen) atoms. The van der Waals surface area contributed by atoms with E-state index in [1.807, 2.05) is 0 Å². The third-order valence-electron chi connectivity index (χ3n) is 3.28. The highest BCUT2D eigenvalue weighted by Crippen LogP contribution is 2.30. The molecule has 0 radical (unpaired) electrons. The summed E-state index contributed by atoms with van der Waals surface area (Å²) in [7, 11) is 0. The van der Waals surface area contributed by atoms with Crippen LogP contribution in [0.4, 0.5) is 0 Å². The zero-order valence-corrected chi connectivity index (χ0v) is 9.52. The summed E-state index contributed by atoms with van der Waals surface area (Å²) in [6.45, 7) is 0. The summed E-state index contributed by atoms with van der Waals surface area (Å²) in [5.74, 6) is 1.71. The first kappa shape index (κ1) is 10.5. The van der Waals surface area contributed by atoms with Gasteiger partial charge in [0.25, 0.3) is 0 Å². The molecule has 1 fully saturated rings. The summed E-state index contributed by atoms with van der Waals surface area (Å²) < 4.78 is 5.21. The van der Waals surface area contributed by atoms with Crippen molar-refractivity contribution in [1.29, 1.82) is 0 Å². The second-order valence-electron chi connectivity index (χ2n) is 4.70. The highest BCUT2D eigenvalue weighted by Gasteiger charge is 2.31. The number of aromatic nitrogens is 4. The van der Waals surface area contributed by atoms with Crippen LogP contribution < -0.4 is 5.73 Å². The van der Waals surface area contributed by atoms with Gasteiger partial charge in [-0.25, -0.2) is 4.98 Å². The van der Waals surface area contributed by atoms with E-state index in [1.54, 1.807) is 12.4 Å². The zero-order valence-electron chi connectivity index (χ0n) is 9.52. The summed E-state index contributed by atoms with van der Waals surface area (Å²) >= 11 is 0. The molecule has 0 unspecified atom stereocenters. The van der Waals surface area contributed by atoms with Crippen LogP contribution in [0, 0.1) is 0 Å². The van der Waals surface area contributed by atoms with Crippen molar-refractivity contribution in [3.8, 4) is 11.6 Å². The number of hydrogen-bond acceptors (Lipinski definition) is 5. The average molecular weight is 233 g/mol. The van der Waals surface area contributed by atoms with Gasteiger partial charge in [-0.05, 0) is 12.8 Å². The number of rotatable bonds is 3. The van der Waals surface area contributed by atoms with Crippen molar-refractivity contribution in [2.45, 2.75) is 37.6 Å². The molecule has 3 rings (SSSR count). The van der Waals surface area contributed by atoms with Crippen LogP contribution in [0.15, 0.2) is 16.9 Å². The van der Waals surface area contributed by atoms with E-state index >= 15 is 0 Å². The molecular weight excluding hydrogens is 218 g/mol. The molecule has 0 bridgehead atoms. The number of aromatic amines is 1. The lowest BCUT2D eigenvalue weighted by molar-refractivity contribution is 0.329. The Morgan fingerprint density at radius 1 is 1.41 bits per heavy atom. The summed E-state index contributed by atoms with van der Waals surface area (Å²) in [5.41, 5.74) is 6.11. The van der Waals surface area contributed by atoms with Gasteiger partial charge in [-0.1, -0.05) is 18.0 Å². The number of imidazole rings is 1. The van der Waals surface area contributed by atoms with Crippen LogP contribution >= 0.6 is 0 Å². The van der Waals surface area contributed by atoms with Gasteiger partial charge in [-0.15, -0.1) is 0 Å². The van der Waals surface area contributed by atoms with Gasteiger partial charge in [0.15, 0.2) is 5.82 Å². The molecule has 0 spiro atoms. The smallest absolute Gasteiger partial charge is 0.238 e. The minimum atomic E-state index is -0.160. The Morgan fingerprint density at radius 3 is 2.94 bits per heavy atom. The second kappa shape index (κ2) is 3.96. The molecule has 0 saturated heterocycles. The molecule has 1 aliphatic rings. The monoisotopic (exact) mass is 233 g/mol. The summed E-state index contributed by atoms with van der Waals surface area (Å²) in [4.78, 5) is 11.3. The minimum absolute atomic E-state index is 0.160. The predicted octanol–water partition coefficient (Wildman–Crippen LogP) is 1.27. The van der Waals surface area contributed by atoms with Crippen LogP contribution in [0.2, 0.25) is 0 Å². The lowest BCUT2D eigenvalue weighted by Crippen LogP contribution is -2.38. The van der Waals surface area contributed by atoms with Gasteiger partial charge in [-0.3, -0.25) is 0 Å². The molecule has 2 aromatic heterocycles. The van der Waals surface area contributed by atoms with Gasteiger partial charge >= 0.3 is 0 Å². The van der Waals surface area contributed by atoms with Gasteiger partial charge in [0.1, 0.15) is 0 Å². The van der Waals surface area contributed by atoms with Crippen molar-refractivity contribution in [1.82, 2.24) is 20.1 Å². The van der Waals surface area contributed by atoms with Gasteiger partial charge in [0, 0.05) is 24.4 Å². The number of nitrogens with one attached hydrogen (secondary N) is 1. The molecule has 6 nitrogen and oxygen atoms in total. The molecule has 0 amide bonds. The van der Waals surface area contributed by atoms with Gasteiger partial charge in [0.05, 0.1) is 0 Å². The van der Waals surface area contributed by atoms with E-state index in [0.29, 0.717) is 24.0 Å². The largest absolute Gasteiger partial charge is 0.342 e. The Kier molecular flexibility index (Phi) is 2.44. The fourth-order valence-electron chi connectivity index (χ4n) is 2.37. The third-order valence-corrected chi connectivity index (χ3v) is 3.28. The molecule has 2 heterocycles. The Balaban J connectivity index is 1.77. The van der Waals surface area contributed by atoms with E-state index in [-0.39, 0.29) is 5.54 Å². The van der Waals surface area contributed by atoms with Crippen LogP contribution in [0.25, 0.3) is 11.6 Å². The Bertz CT molecular complexity index is 484. The molecular formula is C11H15N5O. The Morgan fingerprint density at radius 2 is 2.24 bits per heavy atom. The normalized spacial score (nSPS) is 18.6. The molecule has 3 N–H and O–H groups in total. The highest BCUT2D eigenvalue weighted by molar-refractivity contribution is 5.40. The lowest BCUT2D eigenvalue weighted by atomic mass is 9.95. The average Bonchev–Trinajstić information content (AvgIpc) is 2.98. The van der Waals surface area contributed by atoms with E-state index in [0.717, 1.165) is 12.8 Å². The van der Waals surface area contributed by atoms with E-state index < -0.39 is 0 Å². The molecule has 0 atom stereocenters. The highest BCUT2D eigenvalue weighted by atomic mass is 16.5. The number of H-pyrrole nitrogens is 1. The van der Waals surface area contributed by atoms with Crippen molar-refractivity contribution >= 4 is 0 Å². The number of hydrogen-bond donors (Lipinski definition) is 2. The predicted molar refractivity (Wildman–Crippen MR) is 61.0 cm³/mol. The summed E-state index contributed by atoms with van der Waals surface area (Å²) in [6.07, 6.45) is 8.49. The van der Waals surface area contributed by atoms with E-state index in [2.05, 4.69) is 20.1 Å². The topological polar surface area (TPSA) is 93.6 Å². The van der Waals surface area contributed by atoms with Crippen molar-refractivity contribution in [2.75, 3.05) is 0 Å². The summed E-state index contributed by atoms with van der Waals surface area (Å²) in [6, 6.07) is 0. The maximum absolute atomic E-state index is 6.27. The molecule has 1 aliphatic carbocycles. The first-order valence-corrected chi connectivity index (χ1v) is 5.86. The van der Waals surface area contributed by atoms with Crippen LogP contribution in [0.1, 0.15) is 31.6 Å². The molecule has 1 saturated carbocycles. The van der Waals surface area contributed by atoms with Crippen molar-refractivity contribution in [3.05, 3.63) is 18.3 Å². The maximum Gasteiger partial charge on any atom is 0.238 e. The Labute approximate surface area is 98.6 Å². The summed E-state index contributed by atoms with van der Waals surface area (Å²) in [5, 5.41) is 3.90. The number of nitrogens with two attached hydrogens (primary N) is 1.